The molecule has 0 radical (unpaired) electrons. The topological polar surface area (TPSA) is 55.6 Å². The summed E-state index contributed by atoms with van der Waals surface area (Å²) in [6, 6.07) is 11.8. The summed E-state index contributed by atoms with van der Waals surface area (Å²) in [5.41, 5.74) is 4.72. The van der Waals surface area contributed by atoms with Crippen molar-refractivity contribution in [2.75, 3.05) is 12.4 Å². The average Bonchev–Trinajstić information content (AvgIpc) is 2.91. The number of ether oxygens (including phenoxy) is 1. The highest BCUT2D eigenvalue weighted by Crippen LogP contribution is 2.42. The Balaban J connectivity index is 1.92. The lowest BCUT2D eigenvalue weighted by molar-refractivity contribution is -0.116. The summed E-state index contributed by atoms with van der Waals surface area (Å²) in [6.07, 6.45) is 2.39. The van der Waals surface area contributed by atoms with Gasteiger partial charge in [0.05, 0.1) is 18.5 Å². The standard InChI is InChI=1S/C18H17N3O2/c1-11-17(19-15-8-3-4-9-21(11)15)13-10-16(22)20-18-12(13)6-5-7-14(18)23-2/h3-9,13H,10H2,1-2H3,(H,20,22). The van der Waals surface area contributed by atoms with Gasteiger partial charge in [-0.1, -0.05) is 18.2 Å². The van der Waals surface area contributed by atoms with Crippen molar-refractivity contribution in [3.8, 4) is 5.75 Å². The average molecular weight is 307 g/mol. The molecular weight excluding hydrogens is 290 g/mol. The Labute approximate surface area is 133 Å². The van der Waals surface area contributed by atoms with Gasteiger partial charge < -0.3 is 14.5 Å². The van der Waals surface area contributed by atoms with Gasteiger partial charge in [0.15, 0.2) is 0 Å². The first-order valence-electron chi connectivity index (χ1n) is 7.59. The molecule has 2 aromatic heterocycles. The molecule has 0 bridgehead atoms. The van der Waals surface area contributed by atoms with Crippen LogP contribution in [0.5, 0.6) is 5.75 Å². The fourth-order valence-electron chi connectivity index (χ4n) is 3.34. The van der Waals surface area contributed by atoms with E-state index in [1.165, 1.54) is 0 Å². The molecule has 0 saturated carbocycles. The van der Waals surface area contributed by atoms with E-state index < -0.39 is 0 Å². The summed E-state index contributed by atoms with van der Waals surface area (Å²) in [7, 11) is 1.61. The Hall–Kier alpha value is -2.82. The van der Waals surface area contributed by atoms with Crippen LogP contribution >= 0.6 is 0 Å². The van der Waals surface area contributed by atoms with E-state index in [-0.39, 0.29) is 11.8 Å². The number of benzene rings is 1. The molecule has 0 saturated heterocycles. The van der Waals surface area contributed by atoms with E-state index in [0.29, 0.717) is 12.2 Å². The van der Waals surface area contributed by atoms with Crippen molar-refractivity contribution >= 4 is 17.2 Å². The number of methoxy groups -OCH3 is 1. The zero-order valence-corrected chi connectivity index (χ0v) is 13.0. The lowest BCUT2D eigenvalue weighted by atomic mass is 9.87. The molecule has 0 fully saturated rings. The van der Waals surface area contributed by atoms with Crippen LogP contribution in [0.25, 0.3) is 5.65 Å². The molecular formula is C18H17N3O2. The second-order valence-corrected chi connectivity index (χ2v) is 5.74. The highest BCUT2D eigenvalue weighted by atomic mass is 16.5. The maximum Gasteiger partial charge on any atom is 0.225 e. The number of anilines is 1. The maximum atomic E-state index is 12.2. The van der Waals surface area contributed by atoms with Crippen LogP contribution in [0, 0.1) is 6.92 Å². The van der Waals surface area contributed by atoms with Crippen molar-refractivity contribution in [1.29, 1.82) is 0 Å². The van der Waals surface area contributed by atoms with Gasteiger partial charge in [-0.15, -0.1) is 0 Å². The number of nitrogens with one attached hydrogen (secondary N) is 1. The van der Waals surface area contributed by atoms with Crippen molar-refractivity contribution in [2.45, 2.75) is 19.3 Å². The Bertz CT molecular complexity index is 914. The fraction of sp³-hybridized carbons (Fsp3) is 0.222. The van der Waals surface area contributed by atoms with Crippen LogP contribution in [0.2, 0.25) is 0 Å². The lowest BCUT2D eigenvalue weighted by Crippen LogP contribution is -2.24. The van der Waals surface area contributed by atoms with Gasteiger partial charge in [-0.05, 0) is 30.7 Å². The molecule has 1 aliphatic rings. The van der Waals surface area contributed by atoms with Crippen LogP contribution in [-0.4, -0.2) is 22.4 Å². The Morgan fingerprint density at radius 3 is 2.91 bits per heavy atom. The van der Waals surface area contributed by atoms with Gasteiger partial charge in [0.25, 0.3) is 0 Å². The summed E-state index contributed by atoms with van der Waals surface area (Å²) in [4.78, 5) is 17.0. The molecule has 1 aliphatic heterocycles. The second-order valence-electron chi connectivity index (χ2n) is 5.74. The van der Waals surface area contributed by atoms with Gasteiger partial charge in [-0.3, -0.25) is 4.79 Å². The van der Waals surface area contributed by atoms with Crippen LogP contribution in [0.3, 0.4) is 0 Å². The predicted octanol–water partition coefficient (Wildman–Crippen LogP) is 3.13. The smallest absolute Gasteiger partial charge is 0.225 e. The first kappa shape index (κ1) is 13.8. The summed E-state index contributed by atoms with van der Waals surface area (Å²) in [5, 5.41) is 2.93. The van der Waals surface area contributed by atoms with Crippen molar-refractivity contribution in [3.63, 3.8) is 0 Å². The SMILES string of the molecule is COc1cccc2c1NC(=O)CC2c1nc2ccccn2c1C. The second kappa shape index (κ2) is 5.12. The summed E-state index contributed by atoms with van der Waals surface area (Å²) >= 11 is 0. The zero-order valence-electron chi connectivity index (χ0n) is 13.0. The number of rotatable bonds is 2. The number of hydrogen-bond acceptors (Lipinski definition) is 3. The Morgan fingerprint density at radius 2 is 2.13 bits per heavy atom. The Morgan fingerprint density at radius 1 is 1.26 bits per heavy atom. The normalized spacial score (nSPS) is 17.0. The number of hydrogen-bond donors (Lipinski definition) is 1. The number of para-hydroxylation sites is 1. The van der Waals surface area contributed by atoms with Crippen LogP contribution in [0.1, 0.15) is 29.3 Å². The number of carbonyl (C=O) groups is 1. The number of fused-ring (bicyclic) bond motifs is 2. The number of imidazole rings is 1. The third kappa shape index (κ3) is 2.08. The van der Waals surface area contributed by atoms with Gasteiger partial charge in [0.1, 0.15) is 11.4 Å². The van der Waals surface area contributed by atoms with Crippen LogP contribution in [-0.2, 0) is 4.79 Å². The third-order valence-corrected chi connectivity index (χ3v) is 4.44. The predicted molar refractivity (Wildman–Crippen MR) is 88.0 cm³/mol. The highest BCUT2D eigenvalue weighted by molar-refractivity contribution is 5.97. The van der Waals surface area contributed by atoms with Gasteiger partial charge in [0.2, 0.25) is 5.91 Å². The number of amides is 1. The molecule has 3 aromatic rings. The fourth-order valence-corrected chi connectivity index (χ4v) is 3.34. The number of nitrogens with zero attached hydrogens (tertiary/aromatic N) is 2. The summed E-state index contributed by atoms with van der Waals surface area (Å²) < 4.78 is 7.45. The van der Waals surface area contributed by atoms with Crippen LogP contribution in [0.15, 0.2) is 42.6 Å². The minimum atomic E-state index is -0.0613. The van der Waals surface area contributed by atoms with Crippen LogP contribution < -0.4 is 10.1 Å². The maximum absolute atomic E-state index is 12.2. The largest absolute Gasteiger partial charge is 0.495 e. The summed E-state index contributed by atoms with van der Waals surface area (Å²) in [6.45, 7) is 2.04. The summed E-state index contributed by atoms with van der Waals surface area (Å²) in [5.74, 6) is 0.610. The number of pyridine rings is 1. The molecule has 3 heterocycles. The van der Waals surface area contributed by atoms with Crippen molar-refractivity contribution < 1.29 is 9.53 Å². The van der Waals surface area contributed by atoms with Gasteiger partial charge in [0, 0.05) is 24.2 Å². The van der Waals surface area contributed by atoms with E-state index >= 15 is 0 Å². The molecule has 1 amide bonds. The highest BCUT2D eigenvalue weighted by Gasteiger charge is 2.31. The van der Waals surface area contributed by atoms with Crippen molar-refractivity contribution in [2.24, 2.45) is 0 Å². The van der Waals surface area contributed by atoms with E-state index in [0.717, 1.165) is 28.3 Å². The minimum absolute atomic E-state index is 0.0107. The zero-order chi connectivity index (χ0) is 16.0. The molecule has 0 aliphatic carbocycles. The molecule has 1 atom stereocenters. The molecule has 116 valence electrons. The van der Waals surface area contributed by atoms with Crippen molar-refractivity contribution in [3.05, 3.63) is 59.5 Å². The molecule has 4 rings (SSSR count). The first-order chi connectivity index (χ1) is 11.2. The lowest BCUT2D eigenvalue weighted by Gasteiger charge is -2.26. The van der Waals surface area contributed by atoms with E-state index in [9.17, 15) is 4.79 Å². The number of aromatic nitrogens is 2. The van der Waals surface area contributed by atoms with Gasteiger partial charge in [-0.2, -0.15) is 0 Å². The van der Waals surface area contributed by atoms with E-state index in [1.807, 2.05) is 49.5 Å². The quantitative estimate of drug-likeness (QED) is 0.791. The molecule has 1 unspecified atom stereocenters. The van der Waals surface area contributed by atoms with E-state index in [4.69, 9.17) is 9.72 Å². The Kier molecular flexibility index (Phi) is 3.08. The minimum Gasteiger partial charge on any atom is -0.495 e. The molecule has 5 heteroatoms. The van der Waals surface area contributed by atoms with E-state index in [1.54, 1.807) is 7.11 Å². The molecule has 0 spiro atoms. The van der Waals surface area contributed by atoms with E-state index in [2.05, 4.69) is 9.72 Å². The first-order valence-corrected chi connectivity index (χ1v) is 7.59. The van der Waals surface area contributed by atoms with Crippen molar-refractivity contribution in [1.82, 2.24) is 9.38 Å². The van der Waals surface area contributed by atoms with Crippen LogP contribution in [0.4, 0.5) is 5.69 Å². The monoisotopic (exact) mass is 307 g/mol. The molecule has 5 nitrogen and oxygen atoms in total. The molecule has 1 N–H and O–H groups in total. The third-order valence-electron chi connectivity index (χ3n) is 4.44. The van der Waals surface area contributed by atoms with Gasteiger partial charge in [-0.25, -0.2) is 4.98 Å². The number of carbonyl (C=O) groups excluding carboxylic acids is 1. The molecule has 1 aromatic carbocycles. The number of aryl methyl sites for hydroxylation is 1. The van der Waals surface area contributed by atoms with Gasteiger partial charge >= 0.3 is 0 Å². The molecule has 23 heavy (non-hydrogen) atoms.